The van der Waals surface area contributed by atoms with Crippen LogP contribution in [0.5, 0.6) is 0 Å². The van der Waals surface area contributed by atoms with Gasteiger partial charge in [-0.25, -0.2) is 0 Å². The van der Waals surface area contributed by atoms with E-state index >= 15 is 0 Å². The number of fused-ring (bicyclic) bond motifs is 7. The highest BCUT2D eigenvalue weighted by molar-refractivity contribution is 5.97. The second-order valence-corrected chi connectivity index (χ2v) is 18.3. The van der Waals surface area contributed by atoms with Crippen LogP contribution in [0.1, 0.15) is 61.1 Å². The fourth-order valence-electron chi connectivity index (χ4n) is 11.9. The molecule has 2 heteroatoms. The average Bonchev–Trinajstić information content (AvgIpc) is 3.96. The SMILES string of the molecule is C/C=c1\c(=C/C)n(-c2ccccc2)c2cc(N(c3ccc(-c4cccc5c4-c4ccccc4C5(c4ccccc4)c4ccccc4)cc3)c3cccc4c3C(C)(C)c3ccccc3-4)ccc12. The predicted molar refractivity (Wildman–Crippen MR) is 278 cm³/mol. The van der Waals surface area contributed by atoms with E-state index in [0.717, 1.165) is 17.1 Å². The van der Waals surface area contributed by atoms with Gasteiger partial charge in [0, 0.05) is 38.4 Å². The Balaban J connectivity index is 1.08. The van der Waals surface area contributed by atoms with Crippen LogP contribution in [0.3, 0.4) is 0 Å². The zero-order valence-corrected chi connectivity index (χ0v) is 37.8. The van der Waals surface area contributed by atoms with E-state index in [2.05, 4.69) is 268 Å². The predicted octanol–water partition coefficient (Wildman–Crippen LogP) is 15.0. The standard InChI is InChI=1S/C64H50N2/c1-5-49-52-41-40-48(42-60(52)66(58(49)6-2)46-26-14-9-15-27-46)65(59-35-21-31-53-51-28-16-18-32-55(51)63(3,4)62(53)59)47-38-36-43(37-39-47)50-30-20-34-57-61(50)54-29-17-19-33-56(54)64(57,44-22-10-7-11-23-44)45-24-12-8-13-25-45/h5-42H,1-4H3/b49-5-,58-6+. The highest BCUT2D eigenvalue weighted by Gasteiger charge is 2.47. The number of rotatable bonds is 7. The van der Waals surface area contributed by atoms with Crippen molar-refractivity contribution in [2.45, 2.75) is 38.5 Å². The third-order valence-corrected chi connectivity index (χ3v) is 14.6. The van der Waals surface area contributed by atoms with Gasteiger partial charge < -0.3 is 9.47 Å². The lowest BCUT2D eigenvalue weighted by Gasteiger charge is -2.34. The average molecular weight is 847 g/mol. The van der Waals surface area contributed by atoms with Crippen molar-refractivity contribution >= 4 is 40.1 Å². The van der Waals surface area contributed by atoms with Crippen LogP contribution in [0, 0.1) is 0 Å². The molecule has 0 N–H and O–H groups in total. The molecule has 0 aliphatic heterocycles. The van der Waals surface area contributed by atoms with Crippen LogP contribution in [0.2, 0.25) is 0 Å². The van der Waals surface area contributed by atoms with Gasteiger partial charge in [0.1, 0.15) is 0 Å². The summed E-state index contributed by atoms with van der Waals surface area (Å²) in [5.41, 5.74) is 20.6. The molecule has 12 rings (SSSR count). The zero-order valence-electron chi connectivity index (χ0n) is 37.8. The van der Waals surface area contributed by atoms with E-state index in [4.69, 9.17) is 0 Å². The number of hydrogen-bond donors (Lipinski definition) is 0. The summed E-state index contributed by atoms with van der Waals surface area (Å²) < 4.78 is 2.42. The quantitative estimate of drug-likeness (QED) is 0.155. The first-order chi connectivity index (χ1) is 32.4. The summed E-state index contributed by atoms with van der Waals surface area (Å²) in [5.74, 6) is 0. The molecule has 0 amide bonds. The summed E-state index contributed by atoms with van der Waals surface area (Å²) in [6.07, 6.45) is 4.49. The van der Waals surface area contributed by atoms with E-state index in [0.29, 0.717) is 0 Å². The monoisotopic (exact) mass is 846 g/mol. The van der Waals surface area contributed by atoms with Crippen molar-refractivity contribution in [2.75, 3.05) is 4.90 Å². The maximum absolute atomic E-state index is 2.50. The van der Waals surface area contributed by atoms with Gasteiger partial charge in [0.2, 0.25) is 0 Å². The molecule has 2 aliphatic carbocycles. The Kier molecular flexibility index (Phi) is 9.22. The minimum absolute atomic E-state index is 0.217. The molecule has 9 aromatic carbocycles. The topological polar surface area (TPSA) is 8.17 Å². The van der Waals surface area contributed by atoms with Crippen LogP contribution in [0.15, 0.2) is 218 Å². The van der Waals surface area contributed by atoms with Gasteiger partial charge >= 0.3 is 0 Å². The van der Waals surface area contributed by atoms with Gasteiger partial charge in [-0.1, -0.05) is 202 Å². The number of hydrogen-bond acceptors (Lipinski definition) is 1. The Morgan fingerprint density at radius 1 is 0.455 bits per heavy atom. The molecule has 1 aromatic heterocycles. The molecule has 316 valence electrons. The van der Waals surface area contributed by atoms with Gasteiger partial charge in [-0.2, -0.15) is 0 Å². The Morgan fingerprint density at radius 2 is 1.02 bits per heavy atom. The fourth-order valence-corrected chi connectivity index (χ4v) is 11.9. The normalized spacial score (nSPS) is 14.5. The van der Waals surface area contributed by atoms with Crippen molar-refractivity contribution in [3.8, 4) is 39.1 Å². The van der Waals surface area contributed by atoms with Gasteiger partial charge in [-0.15, -0.1) is 0 Å². The van der Waals surface area contributed by atoms with Crippen LogP contribution in [-0.4, -0.2) is 4.57 Å². The number of anilines is 3. The summed E-state index contributed by atoms with van der Waals surface area (Å²) in [7, 11) is 0. The third-order valence-electron chi connectivity index (χ3n) is 14.6. The Labute approximate surface area is 387 Å². The van der Waals surface area contributed by atoms with Crippen LogP contribution < -0.4 is 15.5 Å². The lowest BCUT2D eigenvalue weighted by molar-refractivity contribution is 0.661. The first kappa shape index (κ1) is 39.6. The Morgan fingerprint density at radius 3 is 1.70 bits per heavy atom. The molecule has 0 bridgehead atoms. The molecular weight excluding hydrogens is 797 g/mol. The van der Waals surface area contributed by atoms with E-state index in [1.165, 1.54) is 93.9 Å². The fraction of sp³-hybridized carbons (Fsp3) is 0.0938. The number of para-hydroxylation sites is 1. The van der Waals surface area contributed by atoms with E-state index in [1.807, 2.05) is 0 Å². The van der Waals surface area contributed by atoms with E-state index in [9.17, 15) is 0 Å². The van der Waals surface area contributed by atoms with Crippen LogP contribution in [0.4, 0.5) is 17.1 Å². The molecule has 0 radical (unpaired) electrons. The van der Waals surface area contributed by atoms with Crippen molar-refractivity contribution in [3.63, 3.8) is 0 Å². The molecule has 0 fully saturated rings. The molecule has 0 saturated heterocycles. The molecule has 66 heavy (non-hydrogen) atoms. The minimum atomic E-state index is -0.458. The highest BCUT2D eigenvalue weighted by Crippen LogP contribution is 2.59. The van der Waals surface area contributed by atoms with Gasteiger partial charge in [-0.05, 0) is 123 Å². The van der Waals surface area contributed by atoms with Gasteiger partial charge in [-0.3, -0.25) is 0 Å². The van der Waals surface area contributed by atoms with Crippen molar-refractivity contribution in [3.05, 3.63) is 262 Å². The molecule has 0 saturated carbocycles. The van der Waals surface area contributed by atoms with Crippen molar-refractivity contribution in [2.24, 2.45) is 0 Å². The summed E-state index contributed by atoms with van der Waals surface area (Å²) in [5, 5.41) is 3.68. The number of benzene rings is 9. The molecule has 1 heterocycles. The summed E-state index contributed by atoms with van der Waals surface area (Å²) in [6, 6.07) is 81.1. The third kappa shape index (κ3) is 5.67. The molecule has 2 nitrogen and oxygen atoms in total. The minimum Gasteiger partial charge on any atom is -0.310 e. The molecule has 0 spiro atoms. The van der Waals surface area contributed by atoms with Crippen molar-refractivity contribution in [1.29, 1.82) is 0 Å². The first-order valence-electron chi connectivity index (χ1n) is 23.3. The molecule has 10 aromatic rings. The smallest absolute Gasteiger partial charge is 0.0713 e. The lowest BCUT2D eigenvalue weighted by Crippen LogP contribution is -2.28. The second kappa shape index (κ2) is 15.4. The largest absolute Gasteiger partial charge is 0.310 e. The summed E-state index contributed by atoms with van der Waals surface area (Å²) >= 11 is 0. The van der Waals surface area contributed by atoms with Crippen LogP contribution in [-0.2, 0) is 10.8 Å². The second-order valence-electron chi connectivity index (χ2n) is 18.3. The number of aromatic nitrogens is 1. The molecular formula is C64H50N2. The number of nitrogens with zero attached hydrogens (tertiary/aromatic N) is 2. The zero-order chi connectivity index (χ0) is 44.6. The lowest BCUT2D eigenvalue weighted by atomic mass is 9.67. The highest BCUT2D eigenvalue weighted by atomic mass is 15.1. The maximum Gasteiger partial charge on any atom is 0.0713 e. The van der Waals surface area contributed by atoms with Crippen molar-refractivity contribution in [1.82, 2.24) is 4.57 Å². The molecule has 0 atom stereocenters. The Bertz CT molecular complexity index is 3580. The van der Waals surface area contributed by atoms with Gasteiger partial charge in [0.25, 0.3) is 0 Å². The molecule has 0 unspecified atom stereocenters. The first-order valence-corrected chi connectivity index (χ1v) is 23.3. The summed E-state index contributed by atoms with van der Waals surface area (Å²) in [6.45, 7) is 9.07. The van der Waals surface area contributed by atoms with E-state index < -0.39 is 5.41 Å². The van der Waals surface area contributed by atoms with E-state index in [1.54, 1.807) is 0 Å². The maximum atomic E-state index is 2.50. The van der Waals surface area contributed by atoms with Crippen LogP contribution in [0.25, 0.3) is 62.1 Å². The van der Waals surface area contributed by atoms with Gasteiger partial charge in [0.05, 0.1) is 16.6 Å². The van der Waals surface area contributed by atoms with Crippen LogP contribution >= 0.6 is 0 Å². The van der Waals surface area contributed by atoms with Gasteiger partial charge in [0.15, 0.2) is 0 Å². The summed E-state index contributed by atoms with van der Waals surface area (Å²) in [4.78, 5) is 2.50. The van der Waals surface area contributed by atoms with E-state index in [-0.39, 0.29) is 5.41 Å². The molecule has 2 aliphatic rings. The Hall–Kier alpha value is -7.94. The van der Waals surface area contributed by atoms with Crippen molar-refractivity contribution < 1.29 is 0 Å².